The number of nitrogens with one attached hydrogen (secondary N) is 1. The Morgan fingerprint density at radius 2 is 1.73 bits per heavy atom. The number of hydrogen-bond donors (Lipinski definition) is 2. The third-order valence-corrected chi connectivity index (χ3v) is 5.67. The minimum Gasteiger partial charge on any atom is -0.349 e. The zero-order valence-corrected chi connectivity index (χ0v) is 17.9. The maximum Gasteiger partial charge on any atom is 0.264 e. The zero-order valence-electron chi connectivity index (χ0n) is 16.4. The molecule has 1 unspecified atom stereocenters. The molecule has 9 heteroatoms. The zero-order chi connectivity index (χ0) is 21.8. The number of halogens is 2. The van der Waals surface area contributed by atoms with Crippen LogP contribution in [0.4, 0.5) is 0 Å². The fourth-order valence-electron chi connectivity index (χ4n) is 3.40. The fraction of sp³-hybridized carbons (Fsp3) is 0.286. The van der Waals surface area contributed by atoms with Crippen LogP contribution in [0, 0.1) is 0 Å². The van der Waals surface area contributed by atoms with E-state index in [1.54, 1.807) is 6.07 Å². The van der Waals surface area contributed by atoms with Crippen LogP contribution in [-0.4, -0.2) is 46.8 Å². The van der Waals surface area contributed by atoms with Crippen LogP contribution in [-0.2, 0) is 22.7 Å². The van der Waals surface area contributed by atoms with Gasteiger partial charge in [-0.2, -0.15) is 0 Å². The van der Waals surface area contributed by atoms with Crippen LogP contribution < -0.4 is 11.1 Å². The minimum absolute atomic E-state index is 0.236. The third kappa shape index (κ3) is 4.75. The Morgan fingerprint density at radius 1 is 1.03 bits per heavy atom. The van der Waals surface area contributed by atoms with Crippen molar-refractivity contribution in [3.63, 3.8) is 0 Å². The molecule has 7 nitrogen and oxygen atoms in total. The number of carbonyl (C=O) groups excluding carboxylic acids is 3. The van der Waals surface area contributed by atoms with Gasteiger partial charge in [0, 0.05) is 38.7 Å². The molecule has 2 aromatic rings. The molecule has 3 rings (SSSR count). The molecule has 1 saturated heterocycles. The summed E-state index contributed by atoms with van der Waals surface area (Å²) in [6, 6.07) is 12.1. The first-order valence-corrected chi connectivity index (χ1v) is 10.2. The van der Waals surface area contributed by atoms with Crippen LogP contribution in [0.3, 0.4) is 0 Å². The van der Waals surface area contributed by atoms with Crippen molar-refractivity contribution in [2.45, 2.75) is 26.2 Å². The summed E-state index contributed by atoms with van der Waals surface area (Å²) in [7, 11) is 0. The van der Waals surface area contributed by atoms with Gasteiger partial charge in [-0.15, -0.1) is 0 Å². The Kier molecular flexibility index (Phi) is 6.97. The lowest BCUT2D eigenvalue weighted by Crippen LogP contribution is -2.53. The number of rotatable bonds is 5. The number of hydrogen-bond acceptors (Lipinski definition) is 4. The molecule has 1 atom stereocenters. The van der Waals surface area contributed by atoms with Crippen LogP contribution in [0.1, 0.15) is 28.4 Å². The van der Waals surface area contributed by atoms with Crippen LogP contribution in [0.15, 0.2) is 42.5 Å². The molecule has 1 aliphatic heterocycles. The van der Waals surface area contributed by atoms with Crippen molar-refractivity contribution >= 4 is 40.9 Å². The molecule has 30 heavy (non-hydrogen) atoms. The second-order valence-corrected chi connectivity index (χ2v) is 7.77. The Morgan fingerprint density at radius 3 is 2.40 bits per heavy atom. The normalized spacial score (nSPS) is 15.9. The highest BCUT2D eigenvalue weighted by Gasteiger charge is 2.41. The summed E-state index contributed by atoms with van der Waals surface area (Å²) in [6.07, 6.45) is -1.04. The van der Waals surface area contributed by atoms with E-state index in [9.17, 15) is 14.4 Å². The first kappa shape index (κ1) is 22.1. The van der Waals surface area contributed by atoms with Crippen LogP contribution in [0.25, 0.3) is 0 Å². The van der Waals surface area contributed by atoms with Crippen molar-refractivity contribution in [1.29, 1.82) is 0 Å². The van der Waals surface area contributed by atoms with Crippen molar-refractivity contribution in [3.8, 4) is 0 Å². The summed E-state index contributed by atoms with van der Waals surface area (Å²) in [5.74, 6) is -1.12. The SMILES string of the molecule is CC(=O)N1CCN(C(=O)c2ccc(Cl)c(Cl)c2)C1C(=O)NCc1cccc(CN)c1. The van der Waals surface area contributed by atoms with E-state index in [-0.39, 0.29) is 30.6 Å². The van der Waals surface area contributed by atoms with Crippen molar-refractivity contribution in [1.82, 2.24) is 15.1 Å². The van der Waals surface area contributed by atoms with E-state index in [4.69, 9.17) is 28.9 Å². The van der Waals surface area contributed by atoms with Crippen molar-refractivity contribution in [3.05, 3.63) is 69.2 Å². The smallest absolute Gasteiger partial charge is 0.264 e. The van der Waals surface area contributed by atoms with Gasteiger partial charge in [-0.05, 0) is 29.3 Å². The lowest BCUT2D eigenvalue weighted by molar-refractivity contribution is -0.139. The number of carbonyl (C=O) groups is 3. The van der Waals surface area contributed by atoms with Crippen LogP contribution in [0.5, 0.6) is 0 Å². The number of nitrogens with zero attached hydrogens (tertiary/aromatic N) is 2. The van der Waals surface area contributed by atoms with Gasteiger partial charge < -0.3 is 20.9 Å². The summed E-state index contributed by atoms with van der Waals surface area (Å²) in [5.41, 5.74) is 7.78. The van der Waals surface area contributed by atoms with Crippen molar-refractivity contribution in [2.75, 3.05) is 13.1 Å². The van der Waals surface area contributed by atoms with E-state index in [0.29, 0.717) is 17.1 Å². The molecule has 0 aromatic heterocycles. The van der Waals surface area contributed by atoms with Crippen LogP contribution in [0.2, 0.25) is 10.0 Å². The predicted molar refractivity (Wildman–Crippen MR) is 115 cm³/mol. The molecule has 1 aliphatic rings. The molecular formula is C21H22Cl2N4O3. The topological polar surface area (TPSA) is 95.7 Å². The number of nitrogens with two attached hydrogens (primary N) is 1. The molecule has 2 aromatic carbocycles. The third-order valence-electron chi connectivity index (χ3n) is 4.93. The van der Waals surface area contributed by atoms with Gasteiger partial charge in [0.05, 0.1) is 10.0 Å². The average molecular weight is 449 g/mol. The number of amides is 3. The Bertz CT molecular complexity index is 982. The highest BCUT2D eigenvalue weighted by Crippen LogP contribution is 2.25. The first-order chi connectivity index (χ1) is 14.3. The van der Waals surface area contributed by atoms with E-state index < -0.39 is 18.0 Å². The van der Waals surface area contributed by atoms with Gasteiger partial charge in [0.2, 0.25) is 5.91 Å². The van der Waals surface area contributed by atoms with E-state index in [1.807, 2.05) is 24.3 Å². The molecule has 0 spiro atoms. The molecule has 0 radical (unpaired) electrons. The second kappa shape index (κ2) is 9.47. The second-order valence-electron chi connectivity index (χ2n) is 6.96. The van der Waals surface area contributed by atoms with Gasteiger partial charge in [0.15, 0.2) is 6.17 Å². The van der Waals surface area contributed by atoms with E-state index in [0.717, 1.165) is 11.1 Å². The molecule has 3 N–H and O–H groups in total. The first-order valence-electron chi connectivity index (χ1n) is 9.40. The summed E-state index contributed by atoms with van der Waals surface area (Å²) in [4.78, 5) is 40.8. The van der Waals surface area contributed by atoms with Crippen LogP contribution >= 0.6 is 23.2 Å². The Hall–Kier alpha value is -2.61. The quantitative estimate of drug-likeness (QED) is 0.733. The Labute approximate surface area is 184 Å². The van der Waals surface area contributed by atoms with E-state index in [1.165, 1.54) is 28.9 Å². The van der Waals surface area contributed by atoms with Gasteiger partial charge >= 0.3 is 0 Å². The van der Waals surface area contributed by atoms with Gasteiger partial charge in [0.25, 0.3) is 11.8 Å². The lowest BCUT2D eigenvalue weighted by Gasteiger charge is -2.28. The Balaban J connectivity index is 1.79. The predicted octanol–water partition coefficient (Wildman–Crippen LogP) is 2.40. The van der Waals surface area contributed by atoms with Gasteiger partial charge in [-0.25, -0.2) is 0 Å². The highest BCUT2D eigenvalue weighted by molar-refractivity contribution is 6.42. The van der Waals surface area contributed by atoms with Gasteiger partial charge in [-0.3, -0.25) is 14.4 Å². The van der Waals surface area contributed by atoms with Crippen molar-refractivity contribution < 1.29 is 14.4 Å². The molecule has 3 amide bonds. The lowest BCUT2D eigenvalue weighted by atomic mass is 10.1. The molecule has 1 fully saturated rings. The van der Waals surface area contributed by atoms with Crippen molar-refractivity contribution in [2.24, 2.45) is 5.73 Å². The largest absolute Gasteiger partial charge is 0.349 e. The monoisotopic (exact) mass is 448 g/mol. The maximum absolute atomic E-state index is 13.0. The number of benzene rings is 2. The average Bonchev–Trinajstić information content (AvgIpc) is 3.19. The van der Waals surface area contributed by atoms with Gasteiger partial charge in [-0.1, -0.05) is 47.5 Å². The molecule has 1 heterocycles. The summed E-state index contributed by atoms with van der Waals surface area (Å²) < 4.78 is 0. The summed E-state index contributed by atoms with van der Waals surface area (Å²) >= 11 is 12.0. The van der Waals surface area contributed by atoms with E-state index in [2.05, 4.69) is 5.32 Å². The molecule has 0 saturated carbocycles. The molecule has 158 valence electrons. The van der Waals surface area contributed by atoms with Gasteiger partial charge in [0.1, 0.15) is 0 Å². The fourth-order valence-corrected chi connectivity index (χ4v) is 3.69. The summed E-state index contributed by atoms with van der Waals surface area (Å²) in [5, 5.41) is 3.39. The molecule has 0 aliphatic carbocycles. The maximum atomic E-state index is 13.0. The standard InChI is InChI=1S/C21H22Cl2N4O3/c1-13(28)26-7-8-27(21(30)16-5-6-17(22)18(23)10-16)20(26)19(29)25-12-15-4-2-3-14(9-15)11-24/h2-6,9-10,20H,7-8,11-12,24H2,1H3,(H,25,29). The highest BCUT2D eigenvalue weighted by atomic mass is 35.5. The minimum atomic E-state index is -1.04. The summed E-state index contributed by atoms with van der Waals surface area (Å²) in [6.45, 7) is 2.53. The molecular weight excluding hydrogens is 427 g/mol. The van der Waals surface area contributed by atoms with E-state index >= 15 is 0 Å². The molecule has 0 bridgehead atoms.